The molecule has 0 aliphatic carbocycles. The number of hydrogen-bond donors (Lipinski definition) is 0. The number of nitrogens with zero attached hydrogens (tertiary/aromatic N) is 6. The lowest BCUT2D eigenvalue weighted by atomic mass is 10.0. The summed E-state index contributed by atoms with van der Waals surface area (Å²) in [5.41, 5.74) is 5.96. The smallest absolute Gasteiger partial charge is 0.254 e. The van der Waals surface area contributed by atoms with E-state index < -0.39 is 0 Å². The topological polar surface area (TPSA) is 68.8 Å². The van der Waals surface area contributed by atoms with Crippen molar-refractivity contribution in [2.45, 2.75) is 33.9 Å². The van der Waals surface area contributed by atoms with Crippen molar-refractivity contribution in [1.82, 2.24) is 29.4 Å². The molecule has 30 heavy (non-hydrogen) atoms. The first kappa shape index (κ1) is 19.8. The van der Waals surface area contributed by atoms with Crippen LogP contribution in [0.4, 0.5) is 0 Å². The molecule has 0 N–H and O–H groups in total. The van der Waals surface area contributed by atoms with Crippen LogP contribution in [0.3, 0.4) is 0 Å². The molecule has 1 amide bonds. The summed E-state index contributed by atoms with van der Waals surface area (Å²) in [7, 11) is 3.73. The van der Waals surface area contributed by atoms with Crippen molar-refractivity contribution in [3.63, 3.8) is 0 Å². The van der Waals surface area contributed by atoms with Gasteiger partial charge in [-0.2, -0.15) is 10.2 Å². The van der Waals surface area contributed by atoms with E-state index in [0.717, 1.165) is 45.8 Å². The third-order valence-electron chi connectivity index (χ3n) is 5.48. The van der Waals surface area contributed by atoms with E-state index in [1.165, 1.54) is 0 Å². The second kappa shape index (κ2) is 7.74. The number of aryl methyl sites for hydroxylation is 3. The van der Waals surface area contributed by atoms with Crippen LogP contribution in [0, 0.1) is 13.8 Å². The monoisotopic (exact) mass is 402 g/mol. The predicted octanol–water partition coefficient (Wildman–Crippen LogP) is 3.74. The Morgan fingerprint density at radius 1 is 1.13 bits per heavy atom. The third-order valence-corrected chi connectivity index (χ3v) is 5.48. The summed E-state index contributed by atoms with van der Waals surface area (Å²) in [6.07, 6.45) is 1.93. The van der Waals surface area contributed by atoms with Gasteiger partial charge in [0.25, 0.3) is 5.91 Å². The average Bonchev–Trinajstić information content (AvgIpc) is 3.29. The number of hydrogen-bond acceptors (Lipinski definition) is 4. The number of pyridine rings is 1. The summed E-state index contributed by atoms with van der Waals surface area (Å²) in [6, 6.07) is 11.6. The van der Waals surface area contributed by atoms with Gasteiger partial charge in [0.15, 0.2) is 0 Å². The van der Waals surface area contributed by atoms with Gasteiger partial charge in [0.05, 0.1) is 34.7 Å². The van der Waals surface area contributed by atoms with Gasteiger partial charge in [-0.1, -0.05) is 18.2 Å². The summed E-state index contributed by atoms with van der Waals surface area (Å²) < 4.78 is 3.71. The number of carbonyl (C=O) groups is 1. The maximum absolute atomic E-state index is 13.4. The number of fused-ring (bicyclic) bond motifs is 1. The van der Waals surface area contributed by atoms with Crippen LogP contribution in [-0.2, 0) is 20.1 Å². The number of benzene rings is 1. The van der Waals surface area contributed by atoms with Gasteiger partial charge in [0, 0.05) is 43.5 Å². The zero-order valence-corrected chi connectivity index (χ0v) is 18.0. The van der Waals surface area contributed by atoms with E-state index in [4.69, 9.17) is 4.98 Å². The van der Waals surface area contributed by atoms with Gasteiger partial charge in [-0.25, -0.2) is 4.98 Å². The van der Waals surface area contributed by atoms with Crippen molar-refractivity contribution in [2.75, 3.05) is 7.05 Å². The van der Waals surface area contributed by atoms with Crippen molar-refractivity contribution in [2.24, 2.45) is 7.05 Å². The Kier molecular flexibility index (Phi) is 5.11. The average molecular weight is 403 g/mol. The fourth-order valence-electron chi connectivity index (χ4n) is 3.81. The Hall–Kier alpha value is -3.48. The normalized spacial score (nSPS) is 11.2. The molecule has 0 atom stereocenters. The van der Waals surface area contributed by atoms with Crippen LogP contribution in [0.25, 0.3) is 22.2 Å². The molecule has 0 aliphatic heterocycles. The molecule has 154 valence electrons. The highest BCUT2D eigenvalue weighted by atomic mass is 16.2. The zero-order valence-electron chi connectivity index (χ0n) is 18.0. The van der Waals surface area contributed by atoms with Crippen LogP contribution in [-0.4, -0.2) is 42.4 Å². The van der Waals surface area contributed by atoms with Crippen LogP contribution in [0.1, 0.15) is 34.4 Å². The standard InChI is InChI=1S/C23H26N6O/c1-6-29-12-11-17(26-29)14-27(4)23(30)19-13-21(22-15(2)25-28(5)16(22)3)24-20-10-8-7-9-18(19)20/h7-13H,6,14H2,1-5H3. The minimum absolute atomic E-state index is 0.0555. The number of aromatic nitrogens is 5. The Morgan fingerprint density at radius 2 is 1.90 bits per heavy atom. The number of amides is 1. The van der Waals surface area contributed by atoms with Crippen LogP contribution < -0.4 is 0 Å². The van der Waals surface area contributed by atoms with E-state index in [1.54, 1.807) is 4.90 Å². The lowest BCUT2D eigenvalue weighted by molar-refractivity contribution is 0.0785. The Morgan fingerprint density at radius 3 is 2.57 bits per heavy atom. The van der Waals surface area contributed by atoms with Crippen molar-refractivity contribution in [3.8, 4) is 11.3 Å². The van der Waals surface area contributed by atoms with Crippen LogP contribution in [0.15, 0.2) is 42.6 Å². The fourth-order valence-corrected chi connectivity index (χ4v) is 3.81. The molecule has 3 aromatic heterocycles. The lowest BCUT2D eigenvalue weighted by Gasteiger charge is -2.18. The summed E-state index contributed by atoms with van der Waals surface area (Å²) in [6.45, 7) is 7.28. The zero-order chi connectivity index (χ0) is 21.4. The van der Waals surface area contributed by atoms with Gasteiger partial charge < -0.3 is 4.90 Å². The minimum atomic E-state index is -0.0555. The summed E-state index contributed by atoms with van der Waals surface area (Å²) in [5, 5.41) is 9.86. The molecule has 0 bridgehead atoms. The summed E-state index contributed by atoms with van der Waals surface area (Å²) in [4.78, 5) is 20.0. The van der Waals surface area contributed by atoms with Crippen LogP contribution >= 0.6 is 0 Å². The molecule has 3 heterocycles. The van der Waals surface area contributed by atoms with E-state index in [2.05, 4.69) is 10.2 Å². The third kappa shape index (κ3) is 3.47. The largest absolute Gasteiger partial charge is 0.336 e. The predicted molar refractivity (Wildman–Crippen MR) is 117 cm³/mol. The Bertz CT molecular complexity index is 1240. The number of para-hydroxylation sites is 1. The maximum atomic E-state index is 13.4. The fraction of sp³-hybridized carbons (Fsp3) is 0.304. The Balaban J connectivity index is 1.78. The second-order valence-corrected chi connectivity index (χ2v) is 7.57. The molecule has 0 radical (unpaired) electrons. The van der Waals surface area contributed by atoms with Crippen molar-refractivity contribution in [3.05, 3.63) is 65.2 Å². The molecule has 0 spiro atoms. The van der Waals surface area contributed by atoms with E-state index in [1.807, 2.05) is 86.8 Å². The first-order chi connectivity index (χ1) is 14.4. The van der Waals surface area contributed by atoms with E-state index in [9.17, 15) is 4.79 Å². The molecule has 0 saturated carbocycles. The quantitative estimate of drug-likeness (QED) is 0.510. The van der Waals surface area contributed by atoms with Crippen LogP contribution in [0.5, 0.6) is 0 Å². The lowest BCUT2D eigenvalue weighted by Crippen LogP contribution is -2.27. The van der Waals surface area contributed by atoms with Crippen LogP contribution in [0.2, 0.25) is 0 Å². The molecule has 1 aromatic carbocycles. The molecule has 0 unspecified atom stereocenters. The van der Waals surface area contributed by atoms with Gasteiger partial charge in [-0.15, -0.1) is 0 Å². The summed E-state index contributed by atoms with van der Waals surface area (Å²) in [5.74, 6) is -0.0555. The second-order valence-electron chi connectivity index (χ2n) is 7.57. The highest BCUT2D eigenvalue weighted by Crippen LogP contribution is 2.29. The molecule has 0 saturated heterocycles. The molecule has 7 nitrogen and oxygen atoms in total. The number of rotatable bonds is 5. The first-order valence-electron chi connectivity index (χ1n) is 10.1. The SMILES string of the molecule is CCn1ccc(CN(C)C(=O)c2cc(-c3c(C)nn(C)c3C)nc3ccccc23)n1. The van der Waals surface area contributed by atoms with Crippen molar-refractivity contribution < 1.29 is 4.79 Å². The number of carbonyl (C=O) groups excluding carboxylic acids is 1. The van der Waals surface area contributed by atoms with Gasteiger partial charge in [0.1, 0.15) is 0 Å². The highest BCUT2D eigenvalue weighted by Gasteiger charge is 2.21. The molecular weight excluding hydrogens is 376 g/mol. The highest BCUT2D eigenvalue weighted by molar-refractivity contribution is 6.07. The van der Waals surface area contributed by atoms with Crippen molar-refractivity contribution >= 4 is 16.8 Å². The van der Waals surface area contributed by atoms with Gasteiger partial charge >= 0.3 is 0 Å². The van der Waals surface area contributed by atoms with Crippen molar-refractivity contribution in [1.29, 1.82) is 0 Å². The minimum Gasteiger partial charge on any atom is -0.336 e. The van der Waals surface area contributed by atoms with E-state index in [0.29, 0.717) is 12.1 Å². The Labute approximate surface area is 176 Å². The van der Waals surface area contributed by atoms with Gasteiger partial charge in [-0.3, -0.25) is 14.2 Å². The van der Waals surface area contributed by atoms with E-state index in [-0.39, 0.29) is 5.91 Å². The molecule has 7 heteroatoms. The molecule has 0 aliphatic rings. The van der Waals surface area contributed by atoms with E-state index >= 15 is 0 Å². The molecule has 0 fully saturated rings. The maximum Gasteiger partial charge on any atom is 0.254 e. The first-order valence-corrected chi connectivity index (χ1v) is 10.1. The molecule has 4 rings (SSSR count). The van der Waals surface area contributed by atoms with Gasteiger partial charge in [-0.05, 0) is 39.0 Å². The van der Waals surface area contributed by atoms with Gasteiger partial charge in [0.2, 0.25) is 0 Å². The summed E-state index contributed by atoms with van der Waals surface area (Å²) >= 11 is 0. The molecular formula is C23H26N6O. The molecule has 4 aromatic rings.